The number of piperidine rings is 1. The van der Waals surface area contributed by atoms with Crippen molar-refractivity contribution in [3.63, 3.8) is 0 Å². The number of aliphatic hydroxyl groups is 1. The van der Waals surface area contributed by atoms with Crippen LogP contribution in [0.4, 0.5) is 0 Å². The van der Waals surface area contributed by atoms with Crippen LogP contribution in [0.25, 0.3) is 0 Å². The summed E-state index contributed by atoms with van der Waals surface area (Å²) in [6.45, 7) is 2.94. The van der Waals surface area contributed by atoms with Gasteiger partial charge < -0.3 is 9.63 Å². The van der Waals surface area contributed by atoms with Crippen LogP contribution in [0.2, 0.25) is 0 Å². The van der Waals surface area contributed by atoms with Crippen molar-refractivity contribution in [1.29, 1.82) is 0 Å². The highest BCUT2D eigenvalue weighted by molar-refractivity contribution is 7.87. The van der Waals surface area contributed by atoms with Gasteiger partial charge in [0.05, 0.1) is 0 Å². The number of hydrogen-bond donors (Lipinski definition) is 2. The molecule has 1 aliphatic rings. The Balaban J connectivity index is 1.79. The lowest BCUT2D eigenvalue weighted by atomic mass is 10.00. The number of nitrogens with one attached hydrogen (secondary N) is 1. The first-order chi connectivity index (χ1) is 9.51. The van der Waals surface area contributed by atoms with E-state index in [1.165, 1.54) is 4.31 Å². The molecule has 114 valence electrons. The van der Waals surface area contributed by atoms with Crippen LogP contribution in [-0.4, -0.2) is 54.2 Å². The van der Waals surface area contributed by atoms with Crippen LogP contribution in [-0.2, 0) is 16.6 Å². The Hall–Kier alpha value is -1.03. The molecule has 0 atom stereocenters. The molecule has 0 radical (unpaired) electrons. The Bertz CT molecular complexity index is 522. The van der Waals surface area contributed by atoms with Gasteiger partial charge in [0.1, 0.15) is 0 Å². The molecule has 0 saturated carbocycles. The van der Waals surface area contributed by atoms with Gasteiger partial charge in [0.25, 0.3) is 10.2 Å². The van der Waals surface area contributed by atoms with Crippen LogP contribution in [0.1, 0.15) is 24.6 Å². The molecule has 9 heteroatoms. The van der Waals surface area contributed by atoms with Crippen molar-refractivity contribution in [1.82, 2.24) is 19.2 Å². The molecule has 0 spiro atoms. The zero-order valence-corrected chi connectivity index (χ0v) is 12.3. The summed E-state index contributed by atoms with van der Waals surface area (Å²) in [5.74, 6) is 1.17. The van der Waals surface area contributed by atoms with E-state index in [0.717, 1.165) is 0 Å². The number of rotatable bonds is 6. The Morgan fingerprint density at radius 2 is 2.15 bits per heavy atom. The summed E-state index contributed by atoms with van der Waals surface area (Å²) in [4.78, 5) is 4.01. The molecule has 0 aromatic carbocycles. The number of hydrogen-bond acceptors (Lipinski definition) is 6. The van der Waals surface area contributed by atoms with Gasteiger partial charge >= 0.3 is 0 Å². The molecule has 1 fully saturated rings. The topological polar surface area (TPSA) is 109 Å². The predicted octanol–water partition coefficient (Wildman–Crippen LogP) is -0.541. The average molecular weight is 304 g/mol. The molecule has 0 amide bonds. The maximum atomic E-state index is 12.1. The maximum absolute atomic E-state index is 12.1. The van der Waals surface area contributed by atoms with Gasteiger partial charge in [-0.3, -0.25) is 0 Å². The van der Waals surface area contributed by atoms with Gasteiger partial charge in [-0.1, -0.05) is 5.16 Å². The van der Waals surface area contributed by atoms with E-state index in [9.17, 15) is 8.42 Å². The van der Waals surface area contributed by atoms with Gasteiger partial charge in [-0.25, -0.2) is 4.72 Å². The highest BCUT2D eigenvalue weighted by atomic mass is 32.2. The summed E-state index contributed by atoms with van der Waals surface area (Å²) in [5.41, 5.74) is 0. The second-order valence-corrected chi connectivity index (χ2v) is 6.66. The van der Waals surface area contributed by atoms with E-state index in [1.54, 1.807) is 6.92 Å². The van der Waals surface area contributed by atoms with Gasteiger partial charge in [0, 0.05) is 39.6 Å². The predicted molar refractivity (Wildman–Crippen MR) is 71.0 cm³/mol. The summed E-state index contributed by atoms with van der Waals surface area (Å²) >= 11 is 0. The molecule has 1 aromatic heterocycles. The van der Waals surface area contributed by atoms with E-state index in [4.69, 9.17) is 9.63 Å². The molecule has 2 rings (SSSR count). The van der Waals surface area contributed by atoms with Crippen LogP contribution in [0.15, 0.2) is 4.52 Å². The van der Waals surface area contributed by atoms with Crippen molar-refractivity contribution in [2.75, 3.05) is 26.2 Å². The zero-order valence-electron chi connectivity index (χ0n) is 11.4. The van der Waals surface area contributed by atoms with E-state index in [2.05, 4.69) is 14.9 Å². The number of nitrogens with zero attached hydrogens (tertiary/aromatic N) is 3. The smallest absolute Gasteiger partial charge is 0.279 e. The van der Waals surface area contributed by atoms with E-state index in [1.807, 2.05) is 0 Å². The summed E-state index contributed by atoms with van der Waals surface area (Å²) in [6, 6.07) is 0. The summed E-state index contributed by atoms with van der Waals surface area (Å²) in [6.07, 6.45) is 1.78. The van der Waals surface area contributed by atoms with E-state index >= 15 is 0 Å². The SMILES string of the molecule is Cc1nc(CCNS(=O)(=O)N2CCC(CO)CC2)no1. The van der Waals surface area contributed by atoms with Gasteiger partial charge in [-0.05, 0) is 18.8 Å². The standard InChI is InChI=1S/C11H20N4O4S/c1-9-13-11(14-19-9)2-5-12-20(17,18)15-6-3-10(8-16)4-7-15/h10,12,16H,2-8H2,1H3. The van der Waals surface area contributed by atoms with E-state index in [-0.39, 0.29) is 19.1 Å². The van der Waals surface area contributed by atoms with E-state index in [0.29, 0.717) is 44.1 Å². The van der Waals surface area contributed by atoms with Gasteiger partial charge in [0.15, 0.2) is 5.82 Å². The first kappa shape index (κ1) is 15.4. The summed E-state index contributed by atoms with van der Waals surface area (Å²) < 4.78 is 32.9. The van der Waals surface area contributed by atoms with Crippen LogP contribution >= 0.6 is 0 Å². The number of aryl methyl sites for hydroxylation is 1. The van der Waals surface area contributed by atoms with Crippen LogP contribution < -0.4 is 4.72 Å². The molecule has 8 nitrogen and oxygen atoms in total. The Morgan fingerprint density at radius 3 is 2.70 bits per heavy atom. The summed E-state index contributed by atoms with van der Waals surface area (Å²) in [7, 11) is -3.46. The third-order valence-electron chi connectivity index (χ3n) is 3.37. The molecule has 2 N–H and O–H groups in total. The molecule has 1 aromatic rings. The third kappa shape index (κ3) is 3.98. The average Bonchev–Trinajstić information content (AvgIpc) is 2.84. The minimum atomic E-state index is -3.46. The van der Waals surface area contributed by atoms with Crippen LogP contribution in [0.3, 0.4) is 0 Å². The number of aromatic nitrogens is 2. The van der Waals surface area contributed by atoms with Crippen molar-refractivity contribution < 1.29 is 18.0 Å². The van der Waals surface area contributed by atoms with Gasteiger partial charge in [-0.15, -0.1) is 0 Å². The highest BCUT2D eigenvalue weighted by Crippen LogP contribution is 2.18. The largest absolute Gasteiger partial charge is 0.396 e. The first-order valence-electron chi connectivity index (χ1n) is 6.66. The molecule has 0 aliphatic carbocycles. The molecule has 0 bridgehead atoms. The summed E-state index contributed by atoms with van der Waals surface area (Å²) in [5, 5.41) is 12.7. The quantitative estimate of drug-likeness (QED) is 0.730. The van der Waals surface area contributed by atoms with E-state index < -0.39 is 10.2 Å². The lowest BCUT2D eigenvalue weighted by Gasteiger charge is -2.30. The number of aliphatic hydroxyl groups excluding tert-OH is 1. The minimum Gasteiger partial charge on any atom is -0.396 e. The Morgan fingerprint density at radius 1 is 1.45 bits per heavy atom. The monoisotopic (exact) mass is 304 g/mol. The first-order valence-corrected chi connectivity index (χ1v) is 8.10. The molecule has 2 heterocycles. The fraction of sp³-hybridized carbons (Fsp3) is 0.818. The Labute approximate surface area is 118 Å². The normalized spacial score (nSPS) is 18.5. The Kier molecular flexibility index (Phi) is 5.08. The second-order valence-electron chi connectivity index (χ2n) is 4.90. The fourth-order valence-corrected chi connectivity index (χ4v) is 3.39. The highest BCUT2D eigenvalue weighted by Gasteiger charge is 2.27. The lowest BCUT2D eigenvalue weighted by Crippen LogP contribution is -2.45. The van der Waals surface area contributed by atoms with Crippen LogP contribution in [0.5, 0.6) is 0 Å². The molecule has 1 saturated heterocycles. The van der Waals surface area contributed by atoms with Crippen molar-refractivity contribution >= 4 is 10.2 Å². The third-order valence-corrected chi connectivity index (χ3v) is 4.99. The molecule has 1 aliphatic heterocycles. The molecule has 20 heavy (non-hydrogen) atoms. The molecular formula is C11H20N4O4S. The minimum absolute atomic E-state index is 0.124. The fourth-order valence-electron chi connectivity index (χ4n) is 2.16. The van der Waals surface area contributed by atoms with Crippen molar-refractivity contribution in [3.8, 4) is 0 Å². The maximum Gasteiger partial charge on any atom is 0.279 e. The van der Waals surface area contributed by atoms with Crippen LogP contribution in [0, 0.1) is 12.8 Å². The second kappa shape index (κ2) is 6.61. The van der Waals surface area contributed by atoms with Gasteiger partial charge in [-0.2, -0.15) is 17.7 Å². The molecule has 0 unspecified atom stereocenters. The van der Waals surface area contributed by atoms with Gasteiger partial charge in [0.2, 0.25) is 5.89 Å². The van der Waals surface area contributed by atoms with Crippen molar-refractivity contribution in [2.45, 2.75) is 26.2 Å². The van der Waals surface area contributed by atoms with Crippen molar-refractivity contribution in [2.24, 2.45) is 5.92 Å². The lowest BCUT2D eigenvalue weighted by molar-refractivity contribution is 0.169. The van der Waals surface area contributed by atoms with Crippen molar-refractivity contribution in [3.05, 3.63) is 11.7 Å². The zero-order chi connectivity index (χ0) is 14.6. The molecular weight excluding hydrogens is 284 g/mol.